The number of benzene rings is 1. The maximum absolute atomic E-state index is 14.9. The summed E-state index contributed by atoms with van der Waals surface area (Å²) in [4.78, 5) is 21.3. The second-order valence-corrected chi connectivity index (χ2v) is 8.63. The molecular formula is C22H20F2N4O4S. The van der Waals surface area contributed by atoms with Crippen LogP contribution < -0.4 is 4.74 Å². The van der Waals surface area contributed by atoms with Crippen LogP contribution in [0.5, 0.6) is 5.06 Å². The number of thiophene rings is 1. The number of hydrogen-bond acceptors (Lipinski definition) is 8. The van der Waals surface area contributed by atoms with Crippen molar-refractivity contribution < 1.29 is 27.8 Å². The summed E-state index contributed by atoms with van der Waals surface area (Å²) in [5.74, 6) is -1.92. The Labute approximate surface area is 191 Å². The largest absolute Gasteiger partial charge is 0.478 e. The highest BCUT2D eigenvalue weighted by Gasteiger charge is 2.36. The van der Waals surface area contributed by atoms with Crippen LogP contribution in [0.15, 0.2) is 23.2 Å². The van der Waals surface area contributed by atoms with E-state index in [1.54, 1.807) is 13.8 Å². The van der Waals surface area contributed by atoms with Crippen molar-refractivity contribution in [3.8, 4) is 10.1 Å². The van der Waals surface area contributed by atoms with Crippen LogP contribution in [0.1, 0.15) is 59.9 Å². The maximum Gasteiger partial charge on any atom is 0.378 e. The van der Waals surface area contributed by atoms with E-state index in [9.17, 15) is 13.6 Å². The molecule has 1 aromatic carbocycles. The molecule has 8 nitrogen and oxygen atoms in total. The Balaban J connectivity index is 1.79. The number of esters is 1. The Kier molecular flexibility index (Phi) is 5.45. The lowest BCUT2D eigenvalue weighted by Gasteiger charge is -2.12. The van der Waals surface area contributed by atoms with Gasteiger partial charge in [-0.2, -0.15) is 0 Å². The fourth-order valence-electron chi connectivity index (χ4n) is 3.85. The zero-order valence-electron chi connectivity index (χ0n) is 18.1. The molecule has 5 rings (SSSR count). The Hall–Kier alpha value is -3.18. The van der Waals surface area contributed by atoms with E-state index in [1.807, 2.05) is 6.92 Å². The average Bonchev–Trinajstić information content (AvgIpc) is 3.27. The molecule has 11 heteroatoms. The molecule has 172 valence electrons. The third kappa shape index (κ3) is 3.61. The van der Waals surface area contributed by atoms with E-state index >= 15 is 0 Å². The third-order valence-electron chi connectivity index (χ3n) is 5.27. The molecule has 2 aromatic heterocycles. The second-order valence-electron chi connectivity index (χ2n) is 7.67. The summed E-state index contributed by atoms with van der Waals surface area (Å²) < 4.78 is 48.1. The van der Waals surface area contributed by atoms with E-state index in [1.165, 1.54) is 34.2 Å². The van der Waals surface area contributed by atoms with Gasteiger partial charge in [-0.15, -0.1) is 5.10 Å². The van der Waals surface area contributed by atoms with Gasteiger partial charge < -0.3 is 14.2 Å². The molecule has 2 aliphatic rings. The Bertz CT molecular complexity index is 1270. The maximum atomic E-state index is 14.9. The molecule has 0 fully saturated rings. The van der Waals surface area contributed by atoms with Gasteiger partial charge in [-0.25, -0.2) is 23.2 Å². The van der Waals surface area contributed by atoms with Crippen molar-refractivity contribution in [2.75, 3.05) is 13.2 Å². The summed E-state index contributed by atoms with van der Waals surface area (Å²) in [6.45, 7) is 5.99. The molecule has 0 spiro atoms. The average molecular weight is 474 g/mol. The van der Waals surface area contributed by atoms with Gasteiger partial charge in [0.2, 0.25) is 0 Å². The topological polar surface area (TPSA) is 87.8 Å². The van der Waals surface area contributed by atoms with Crippen LogP contribution in [-0.2, 0) is 16.1 Å². The highest BCUT2D eigenvalue weighted by molar-refractivity contribution is 7.17. The van der Waals surface area contributed by atoms with Gasteiger partial charge in [0.05, 0.1) is 31.1 Å². The normalized spacial score (nSPS) is 19.4. The Morgan fingerprint density at radius 3 is 2.76 bits per heavy atom. The Morgan fingerprint density at radius 2 is 2.03 bits per heavy atom. The minimum absolute atomic E-state index is 0.116. The monoisotopic (exact) mass is 474 g/mol. The molecule has 2 atom stereocenters. The standard InChI is InChI=1S/C22H20F2N4O4S/c1-4-31-21(29)18-26-19-11(3)25-17(16-13(23)6-5-7-14(16)24)15-12-9-30-8-10(2)32-22(12)33-20(15)28(19)27-18/h5-7,10-11H,4,8-9H2,1-3H3/t10-,11-/m0/s1. The summed E-state index contributed by atoms with van der Waals surface area (Å²) in [5, 5.41) is 5.40. The van der Waals surface area contributed by atoms with Crippen LogP contribution in [0.3, 0.4) is 0 Å². The Morgan fingerprint density at radius 1 is 1.27 bits per heavy atom. The van der Waals surface area contributed by atoms with Gasteiger partial charge in [-0.1, -0.05) is 17.4 Å². The fourth-order valence-corrected chi connectivity index (χ4v) is 5.07. The van der Waals surface area contributed by atoms with E-state index in [4.69, 9.17) is 14.2 Å². The molecule has 33 heavy (non-hydrogen) atoms. The molecule has 4 heterocycles. The summed E-state index contributed by atoms with van der Waals surface area (Å²) in [5.41, 5.74) is 0.935. The molecule has 0 amide bonds. The first-order chi connectivity index (χ1) is 15.9. The zero-order chi connectivity index (χ0) is 23.3. The fraction of sp³-hybridized carbons (Fsp3) is 0.364. The number of carbonyl (C=O) groups excluding carboxylic acids is 1. The second kappa shape index (κ2) is 8.31. The lowest BCUT2D eigenvalue weighted by molar-refractivity contribution is 0.0512. The van der Waals surface area contributed by atoms with Crippen molar-refractivity contribution in [3.63, 3.8) is 0 Å². The van der Waals surface area contributed by atoms with Gasteiger partial charge in [0, 0.05) is 11.1 Å². The van der Waals surface area contributed by atoms with Crippen LogP contribution in [-0.4, -0.2) is 45.8 Å². The predicted octanol–water partition coefficient (Wildman–Crippen LogP) is 3.99. The molecule has 0 bridgehead atoms. The van der Waals surface area contributed by atoms with Crippen molar-refractivity contribution >= 4 is 23.0 Å². The number of carbonyl (C=O) groups is 1. The lowest BCUT2D eigenvalue weighted by Crippen LogP contribution is -2.15. The van der Waals surface area contributed by atoms with E-state index in [0.717, 1.165) is 0 Å². The number of fused-ring (bicyclic) bond motifs is 5. The predicted molar refractivity (Wildman–Crippen MR) is 115 cm³/mol. The van der Waals surface area contributed by atoms with E-state index < -0.39 is 23.6 Å². The molecule has 0 saturated carbocycles. The minimum Gasteiger partial charge on any atom is -0.478 e. The molecule has 2 aliphatic heterocycles. The van der Waals surface area contributed by atoms with Crippen LogP contribution in [0, 0.1) is 11.6 Å². The number of rotatable bonds is 3. The molecule has 0 radical (unpaired) electrons. The zero-order valence-corrected chi connectivity index (χ0v) is 18.9. The highest BCUT2D eigenvalue weighted by atomic mass is 32.1. The molecule has 3 aromatic rings. The first kappa shape index (κ1) is 21.7. The van der Waals surface area contributed by atoms with Crippen molar-refractivity contribution in [2.24, 2.45) is 4.99 Å². The molecule has 0 unspecified atom stereocenters. The SMILES string of the molecule is CCOC(=O)c1nc2n(n1)-c1sc3c(c1C(c1c(F)cccc1F)=N[C@H]2C)COC[C@H](C)O3. The van der Waals surface area contributed by atoms with Crippen LogP contribution >= 0.6 is 11.3 Å². The van der Waals surface area contributed by atoms with Crippen LogP contribution in [0.4, 0.5) is 8.78 Å². The number of ether oxygens (including phenoxy) is 3. The summed E-state index contributed by atoms with van der Waals surface area (Å²) >= 11 is 1.24. The van der Waals surface area contributed by atoms with Gasteiger partial charge in [-0.3, -0.25) is 4.99 Å². The third-order valence-corrected chi connectivity index (χ3v) is 6.37. The number of hydrogen-bond donors (Lipinski definition) is 0. The molecule has 0 aliphatic carbocycles. The van der Waals surface area contributed by atoms with E-state index in [2.05, 4.69) is 15.1 Å². The number of aliphatic imine (C=N–C) groups is 1. The minimum atomic E-state index is -0.740. The quantitative estimate of drug-likeness (QED) is 0.534. The number of nitrogens with zero attached hydrogens (tertiary/aromatic N) is 4. The van der Waals surface area contributed by atoms with Gasteiger partial charge in [0.1, 0.15) is 28.8 Å². The van der Waals surface area contributed by atoms with Crippen LogP contribution in [0.25, 0.3) is 5.00 Å². The number of aromatic nitrogens is 3. The van der Waals surface area contributed by atoms with Gasteiger partial charge in [0.15, 0.2) is 10.9 Å². The van der Waals surface area contributed by atoms with E-state index in [-0.39, 0.29) is 36.4 Å². The van der Waals surface area contributed by atoms with Crippen molar-refractivity contribution in [1.29, 1.82) is 0 Å². The lowest BCUT2D eigenvalue weighted by atomic mass is 9.99. The molecular weight excluding hydrogens is 454 g/mol. The van der Waals surface area contributed by atoms with Gasteiger partial charge in [0.25, 0.3) is 5.82 Å². The smallest absolute Gasteiger partial charge is 0.378 e. The first-order valence-electron chi connectivity index (χ1n) is 10.5. The van der Waals surface area contributed by atoms with Crippen molar-refractivity contribution in [3.05, 3.63) is 58.2 Å². The summed E-state index contributed by atoms with van der Waals surface area (Å²) in [7, 11) is 0. The first-order valence-corrected chi connectivity index (χ1v) is 11.3. The highest BCUT2D eigenvalue weighted by Crippen LogP contribution is 2.44. The van der Waals surface area contributed by atoms with Gasteiger partial charge >= 0.3 is 5.97 Å². The summed E-state index contributed by atoms with van der Waals surface area (Å²) in [6.07, 6.45) is -0.219. The molecule has 0 saturated heterocycles. The van der Waals surface area contributed by atoms with Crippen LogP contribution in [0.2, 0.25) is 0 Å². The summed E-state index contributed by atoms with van der Waals surface area (Å²) in [6, 6.07) is 3.02. The van der Waals surface area contributed by atoms with E-state index in [0.29, 0.717) is 33.6 Å². The van der Waals surface area contributed by atoms with Crippen molar-refractivity contribution in [1.82, 2.24) is 14.8 Å². The number of halogens is 2. The van der Waals surface area contributed by atoms with Gasteiger partial charge in [-0.05, 0) is 32.9 Å². The molecule has 0 N–H and O–H groups in total. The van der Waals surface area contributed by atoms with Crippen molar-refractivity contribution in [2.45, 2.75) is 39.5 Å².